The summed E-state index contributed by atoms with van der Waals surface area (Å²) in [6, 6.07) is -0.654. The number of β-amino-alcohol motifs (C(OH)–C–C–N with tert-alkyl or cyclic N) is 1. The first-order chi connectivity index (χ1) is 5.90. The summed E-state index contributed by atoms with van der Waals surface area (Å²) in [4.78, 5) is 0. The molecule has 0 bridgehead atoms. The normalized spacial score (nSPS) is 36.1. The molecule has 1 heterocycles. The van der Waals surface area contributed by atoms with Crippen LogP contribution in [0.5, 0.6) is 0 Å². The van der Waals surface area contributed by atoms with Crippen LogP contribution in [-0.4, -0.2) is 56.2 Å². The van der Waals surface area contributed by atoms with Gasteiger partial charge in [0.15, 0.2) is 0 Å². The van der Waals surface area contributed by atoms with E-state index in [1.54, 1.807) is 0 Å². The number of sulfonamides is 1. The zero-order chi connectivity index (χ0) is 10.1. The Hall–Kier alpha value is -0.210. The van der Waals surface area contributed by atoms with Crippen LogP contribution in [0, 0.1) is 0 Å². The fourth-order valence-electron chi connectivity index (χ4n) is 1.28. The molecule has 0 saturated carbocycles. The molecule has 1 aliphatic heterocycles. The molecule has 0 aromatic heterocycles. The van der Waals surface area contributed by atoms with Crippen molar-refractivity contribution in [2.45, 2.75) is 18.2 Å². The molecule has 4 N–H and O–H groups in total. The van der Waals surface area contributed by atoms with E-state index in [4.69, 9.17) is 0 Å². The minimum Gasteiger partial charge on any atom is -0.389 e. The fraction of sp³-hybridized carbons (Fsp3) is 1.00. The van der Waals surface area contributed by atoms with Crippen molar-refractivity contribution in [1.29, 1.82) is 0 Å². The highest BCUT2D eigenvalue weighted by atomic mass is 32.2. The number of aliphatic hydroxyl groups excluding tert-OH is 2. The fourth-order valence-corrected chi connectivity index (χ4v) is 2.06. The second-order valence-corrected chi connectivity index (χ2v) is 4.99. The van der Waals surface area contributed by atoms with Crippen LogP contribution in [0.4, 0.5) is 0 Å². The van der Waals surface area contributed by atoms with E-state index in [1.165, 1.54) is 0 Å². The lowest BCUT2D eigenvalue weighted by atomic mass is 10.0. The number of piperidine rings is 1. The molecule has 1 aliphatic rings. The van der Waals surface area contributed by atoms with Gasteiger partial charge >= 0.3 is 0 Å². The van der Waals surface area contributed by atoms with Crippen molar-refractivity contribution >= 4 is 10.0 Å². The molecular weight excluding hydrogens is 196 g/mol. The van der Waals surface area contributed by atoms with Crippen molar-refractivity contribution in [3.63, 3.8) is 0 Å². The molecular formula is C6H14N2O4S. The Morgan fingerprint density at radius 1 is 1.38 bits per heavy atom. The van der Waals surface area contributed by atoms with E-state index in [0.717, 1.165) is 6.26 Å². The lowest BCUT2D eigenvalue weighted by Crippen LogP contribution is -2.59. The molecule has 1 fully saturated rings. The minimum atomic E-state index is -3.34. The molecule has 0 aromatic carbocycles. The van der Waals surface area contributed by atoms with E-state index in [0.29, 0.717) is 6.54 Å². The SMILES string of the molecule is CS(=O)(=O)N[C@H]1CNC[C@H](O)[C@@H]1O. The van der Waals surface area contributed by atoms with Gasteiger partial charge in [0.2, 0.25) is 10.0 Å². The topological polar surface area (TPSA) is 98.7 Å². The van der Waals surface area contributed by atoms with E-state index in [9.17, 15) is 18.6 Å². The summed E-state index contributed by atoms with van der Waals surface area (Å²) < 4.78 is 23.9. The Morgan fingerprint density at radius 3 is 2.54 bits per heavy atom. The van der Waals surface area contributed by atoms with Gasteiger partial charge in [-0.3, -0.25) is 0 Å². The molecule has 13 heavy (non-hydrogen) atoms. The summed E-state index contributed by atoms with van der Waals surface area (Å²) in [5.74, 6) is 0. The first-order valence-electron chi connectivity index (χ1n) is 3.94. The molecule has 78 valence electrons. The quantitative estimate of drug-likeness (QED) is 0.395. The monoisotopic (exact) mass is 210 g/mol. The van der Waals surface area contributed by atoms with Crippen LogP contribution in [0.25, 0.3) is 0 Å². The van der Waals surface area contributed by atoms with Crippen LogP contribution in [0.3, 0.4) is 0 Å². The number of hydrogen-bond acceptors (Lipinski definition) is 5. The number of hydrogen-bond donors (Lipinski definition) is 4. The Labute approximate surface area is 77.0 Å². The first-order valence-corrected chi connectivity index (χ1v) is 5.83. The van der Waals surface area contributed by atoms with Gasteiger partial charge in [-0.15, -0.1) is 0 Å². The Kier molecular flexibility index (Phi) is 3.25. The van der Waals surface area contributed by atoms with Crippen molar-refractivity contribution in [2.24, 2.45) is 0 Å². The third-order valence-electron chi connectivity index (χ3n) is 1.89. The highest BCUT2D eigenvalue weighted by molar-refractivity contribution is 7.88. The maximum atomic E-state index is 10.8. The summed E-state index contributed by atoms with van der Waals surface area (Å²) in [6.07, 6.45) is -0.954. The highest BCUT2D eigenvalue weighted by Crippen LogP contribution is 2.05. The van der Waals surface area contributed by atoms with Crippen molar-refractivity contribution < 1.29 is 18.6 Å². The second-order valence-electron chi connectivity index (χ2n) is 3.21. The third kappa shape index (κ3) is 3.20. The molecule has 6 nitrogen and oxygen atoms in total. The molecule has 7 heteroatoms. The molecule has 0 spiro atoms. The van der Waals surface area contributed by atoms with Gasteiger partial charge in [-0.05, 0) is 0 Å². The van der Waals surface area contributed by atoms with Crippen molar-refractivity contribution in [3.05, 3.63) is 0 Å². The van der Waals surface area contributed by atoms with Crippen LogP contribution in [0.15, 0.2) is 0 Å². The standard InChI is InChI=1S/C6H14N2O4S/c1-13(11,12)8-4-2-7-3-5(9)6(4)10/h4-10H,2-3H2,1H3/t4-,5-,6+/m0/s1. The van der Waals surface area contributed by atoms with Gasteiger partial charge in [0.25, 0.3) is 0 Å². The van der Waals surface area contributed by atoms with Gasteiger partial charge in [-0.1, -0.05) is 0 Å². The number of aliphatic hydroxyl groups is 2. The molecule has 1 rings (SSSR count). The Bertz CT molecular complexity index is 266. The summed E-state index contributed by atoms with van der Waals surface area (Å²) in [5.41, 5.74) is 0. The molecule has 0 amide bonds. The maximum Gasteiger partial charge on any atom is 0.209 e. The summed E-state index contributed by atoms with van der Waals surface area (Å²) in [5, 5.41) is 21.4. The summed E-state index contributed by atoms with van der Waals surface area (Å²) in [7, 11) is -3.34. The minimum absolute atomic E-state index is 0.281. The largest absolute Gasteiger partial charge is 0.389 e. The maximum absolute atomic E-state index is 10.8. The van der Waals surface area contributed by atoms with Crippen LogP contribution in [0.2, 0.25) is 0 Å². The number of rotatable bonds is 2. The van der Waals surface area contributed by atoms with Gasteiger partial charge in [-0.25, -0.2) is 13.1 Å². The van der Waals surface area contributed by atoms with Gasteiger partial charge in [-0.2, -0.15) is 0 Å². The average molecular weight is 210 g/mol. The van der Waals surface area contributed by atoms with Gasteiger partial charge in [0.05, 0.1) is 24.5 Å². The lowest BCUT2D eigenvalue weighted by Gasteiger charge is -2.32. The van der Waals surface area contributed by atoms with Crippen molar-refractivity contribution in [1.82, 2.24) is 10.0 Å². The molecule has 0 radical (unpaired) electrons. The molecule has 1 saturated heterocycles. The van der Waals surface area contributed by atoms with E-state index in [2.05, 4.69) is 10.0 Å². The Balaban J connectivity index is 2.59. The molecule has 3 atom stereocenters. The molecule has 0 aliphatic carbocycles. The van der Waals surface area contributed by atoms with Gasteiger partial charge in [0.1, 0.15) is 0 Å². The van der Waals surface area contributed by atoms with Crippen LogP contribution in [-0.2, 0) is 10.0 Å². The highest BCUT2D eigenvalue weighted by Gasteiger charge is 2.31. The second kappa shape index (κ2) is 3.89. The molecule has 0 aromatic rings. The van der Waals surface area contributed by atoms with E-state index >= 15 is 0 Å². The first kappa shape index (κ1) is 10.9. The van der Waals surface area contributed by atoms with Crippen molar-refractivity contribution in [3.8, 4) is 0 Å². The zero-order valence-electron chi connectivity index (χ0n) is 7.27. The lowest BCUT2D eigenvalue weighted by molar-refractivity contribution is -0.0149. The van der Waals surface area contributed by atoms with Crippen molar-refractivity contribution in [2.75, 3.05) is 19.3 Å². The van der Waals surface area contributed by atoms with Crippen LogP contribution in [0.1, 0.15) is 0 Å². The number of nitrogens with one attached hydrogen (secondary N) is 2. The molecule has 0 unspecified atom stereocenters. The third-order valence-corrected chi connectivity index (χ3v) is 2.62. The van der Waals surface area contributed by atoms with Gasteiger partial charge < -0.3 is 15.5 Å². The smallest absolute Gasteiger partial charge is 0.209 e. The van der Waals surface area contributed by atoms with E-state index in [-0.39, 0.29) is 6.54 Å². The van der Waals surface area contributed by atoms with E-state index in [1.807, 2.05) is 0 Å². The van der Waals surface area contributed by atoms with E-state index < -0.39 is 28.3 Å². The predicted molar refractivity (Wildman–Crippen MR) is 46.7 cm³/mol. The summed E-state index contributed by atoms with van der Waals surface area (Å²) >= 11 is 0. The van der Waals surface area contributed by atoms with Gasteiger partial charge in [0, 0.05) is 13.1 Å². The summed E-state index contributed by atoms with van der Waals surface area (Å²) in [6.45, 7) is 0.606. The average Bonchev–Trinajstić information content (AvgIpc) is 1.96. The van der Waals surface area contributed by atoms with Crippen LogP contribution >= 0.6 is 0 Å². The predicted octanol–water partition coefficient (Wildman–Crippen LogP) is -2.77. The zero-order valence-corrected chi connectivity index (χ0v) is 8.08. The van der Waals surface area contributed by atoms with Crippen LogP contribution < -0.4 is 10.0 Å². The Morgan fingerprint density at radius 2 is 2.00 bits per heavy atom.